The van der Waals surface area contributed by atoms with Gasteiger partial charge in [-0.05, 0) is 39.0 Å². The van der Waals surface area contributed by atoms with Crippen LogP contribution in [0.25, 0.3) is 0 Å². The van der Waals surface area contributed by atoms with Crippen LogP contribution in [-0.4, -0.2) is 37.8 Å². The van der Waals surface area contributed by atoms with Crippen LogP contribution in [0.2, 0.25) is 10.0 Å². The summed E-state index contributed by atoms with van der Waals surface area (Å²) in [5.74, 6) is 0.259. The van der Waals surface area contributed by atoms with Crippen LogP contribution in [0.4, 0.5) is 0 Å². The summed E-state index contributed by atoms with van der Waals surface area (Å²) in [5, 5.41) is 10.6. The normalized spacial score (nSPS) is 10.9. The number of halogens is 2. The molecule has 96 valence electrons. The second kappa shape index (κ2) is 6.34. The third-order valence-corrected chi connectivity index (χ3v) is 3.25. The van der Waals surface area contributed by atoms with Gasteiger partial charge < -0.3 is 14.7 Å². The summed E-state index contributed by atoms with van der Waals surface area (Å²) in [4.78, 5) is 2.09. The lowest BCUT2D eigenvalue weighted by molar-refractivity contribution is 0.372. The first-order valence-electron chi connectivity index (χ1n) is 5.36. The van der Waals surface area contributed by atoms with Crippen molar-refractivity contribution in [2.24, 2.45) is 0 Å². The van der Waals surface area contributed by atoms with Crippen molar-refractivity contribution in [2.75, 3.05) is 27.7 Å². The zero-order valence-corrected chi connectivity index (χ0v) is 11.8. The number of hydrogen-bond donors (Lipinski definition) is 1. The van der Waals surface area contributed by atoms with Crippen LogP contribution in [-0.2, 0) is 6.42 Å². The summed E-state index contributed by atoms with van der Waals surface area (Å²) < 4.78 is 4.98. The minimum absolute atomic E-state index is 0.0431. The molecule has 0 saturated heterocycles. The van der Waals surface area contributed by atoms with Gasteiger partial charge in [-0.1, -0.05) is 23.2 Å². The van der Waals surface area contributed by atoms with E-state index in [1.807, 2.05) is 14.1 Å². The second-order valence-electron chi connectivity index (χ2n) is 4.11. The average Bonchev–Trinajstić information content (AvgIpc) is 2.27. The second-order valence-corrected chi connectivity index (χ2v) is 4.89. The molecule has 0 aliphatic rings. The predicted molar refractivity (Wildman–Crippen MR) is 71.6 cm³/mol. The molecule has 1 rings (SSSR count). The summed E-state index contributed by atoms with van der Waals surface area (Å²) in [6, 6.07) is 1.59. The molecular weight excluding hydrogens is 261 g/mol. The molecule has 0 aliphatic carbocycles. The molecule has 0 heterocycles. The molecule has 0 amide bonds. The summed E-state index contributed by atoms with van der Waals surface area (Å²) in [5.41, 5.74) is 0.772. The van der Waals surface area contributed by atoms with Gasteiger partial charge in [-0.2, -0.15) is 0 Å². The lowest BCUT2D eigenvalue weighted by Crippen LogP contribution is -2.13. The van der Waals surface area contributed by atoms with Gasteiger partial charge in [0.1, 0.15) is 0 Å². The number of hydrogen-bond acceptors (Lipinski definition) is 3. The van der Waals surface area contributed by atoms with Gasteiger partial charge >= 0.3 is 0 Å². The van der Waals surface area contributed by atoms with E-state index in [9.17, 15) is 5.11 Å². The van der Waals surface area contributed by atoms with E-state index in [1.54, 1.807) is 6.07 Å². The highest BCUT2D eigenvalue weighted by Gasteiger charge is 2.15. The highest BCUT2D eigenvalue weighted by atomic mass is 35.5. The molecule has 5 heteroatoms. The Morgan fingerprint density at radius 2 is 2.00 bits per heavy atom. The molecule has 1 aromatic rings. The molecule has 0 aromatic heterocycles. The van der Waals surface area contributed by atoms with Crippen LogP contribution in [0, 0.1) is 0 Å². The van der Waals surface area contributed by atoms with Crippen LogP contribution in [0.5, 0.6) is 11.5 Å². The van der Waals surface area contributed by atoms with E-state index in [2.05, 4.69) is 4.90 Å². The molecule has 1 N–H and O–H groups in total. The van der Waals surface area contributed by atoms with Gasteiger partial charge in [-0.15, -0.1) is 0 Å². The molecule has 0 saturated carbocycles. The number of phenolic OH excluding ortho intramolecular Hbond substituents is 1. The van der Waals surface area contributed by atoms with E-state index in [0.717, 1.165) is 24.9 Å². The number of methoxy groups -OCH3 is 1. The highest BCUT2D eigenvalue weighted by Crippen LogP contribution is 2.41. The van der Waals surface area contributed by atoms with Gasteiger partial charge in [-0.25, -0.2) is 0 Å². The van der Waals surface area contributed by atoms with Crippen molar-refractivity contribution in [3.05, 3.63) is 21.7 Å². The summed E-state index contributed by atoms with van der Waals surface area (Å²) in [7, 11) is 5.48. The van der Waals surface area contributed by atoms with E-state index in [-0.39, 0.29) is 10.8 Å². The van der Waals surface area contributed by atoms with Crippen LogP contribution >= 0.6 is 23.2 Å². The van der Waals surface area contributed by atoms with Crippen molar-refractivity contribution in [2.45, 2.75) is 12.8 Å². The Hall–Kier alpha value is -0.640. The molecule has 3 nitrogen and oxygen atoms in total. The minimum atomic E-state index is -0.0431. The smallest absolute Gasteiger partial charge is 0.177 e. The van der Waals surface area contributed by atoms with E-state index in [1.165, 1.54) is 7.11 Å². The van der Waals surface area contributed by atoms with Gasteiger partial charge in [0.15, 0.2) is 11.5 Å². The minimum Gasteiger partial charge on any atom is -0.503 e. The van der Waals surface area contributed by atoms with Gasteiger partial charge in [0, 0.05) is 11.1 Å². The van der Waals surface area contributed by atoms with Crippen LogP contribution in [0.1, 0.15) is 12.0 Å². The third-order valence-electron chi connectivity index (χ3n) is 2.50. The van der Waals surface area contributed by atoms with Gasteiger partial charge in [0.2, 0.25) is 0 Å². The topological polar surface area (TPSA) is 32.7 Å². The standard InChI is InChI=1S/C12H17Cl2NO2/c1-15(2)6-4-5-8-9(13)7-10(17-3)12(16)11(8)14/h7,16H,4-6H2,1-3H3. The zero-order valence-electron chi connectivity index (χ0n) is 10.3. The quantitative estimate of drug-likeness (QED) is 0.897. The van der Waals surface area contributed by atoms with Crippen molar-refractivity contribution < 1.29 is 9.84 Å². The summed E-state index contributed by atoms with van der Waals surface area (Å²) in [6.45, 7) is 0.944. The Morgan fingerprint density at radius 3 is 2.53 bits per heavy atom. The van der Waals surface area contributed by atoms with E-state index in [4.69, 9.17) is 27.9 Å². The molecule has 0 aliphatic heterocycles. The first-order valence-corrected chi connectivity index (χ1v) is 6.11. The fourth-order valence-electron chi connectivity index (χ4n) is 1.58. The van der Waals surface area contributed by atoms with E-state index >= 15 is 0 Å². The lowest BCUT2D eigenvalue weighted by atomic mass is 10.1. The first-order chi connectivity index (χ1) is 7.97. The molecular formula is C12H17Cl2NO2. The van der Waals surface area contributed by atoms with E-state index < -0.39 is 0 Å². The Labute approximate surface area is 112 Å². The average molecular weight is 278 g/mol. The van der Waals surface area contributed by atoms with Gasteiger partial charge in [0.25, 0.3) is 0 Å². The summed E-state index contributed by atoms with van der Waals surface area (Å²) in [6.07, 6.45) is 1.66. The predicted octanol–water partition coefficient (Wildman–Crippen LogP) is 3.20. The van der Waals surface area contributed by atoms with Crippen LogP contribution < -0.4 is 4.74 Å². The zero-order chi connectivity index (χ0) is 13.0. The molecule has 17 heavy (non-hydrogen) atoms. The molecule has 0 bridgehead atoms. The monoisotopic (exact) mass is 277 g/mol. The SMILES string of the molecule is COc1cc(Cl)c(CCCN(C)C)c(Cl)c1O. The fraction of sp³-hybridized carbons (Fsp3) is 0.500. The Balaban J connectivity index is 2.89. The number of rotatable bonds is 5. The lowest BCUT2D eigenvalue weighted by Gasteiger charge is -2.13. The largest absolute Gasteiger partial charge is 0.503 e. The fourth-order valence-corrected chi connectivity index (χ4v) is 2.21. The van der Waals surface area contributed by atoms with Crippen molar-refractivity contribution in [3.63, 3.8) is 0 Å². The maximum absolute atomic E-state index is 9.79. The van der Waals surface area contributed by atoms with Crippen LogP contribution in [0.3, 0.4) is 0 Å². The van der Waals surface area contributed by atoms with Gasteiger partial charge in [0.05, 0.1) is 12.1 Å². The molecule has 0 unspecified atom stereocenters. The Bertz CT molecular complexity index is 395. The maximum atomic E-state index is 9.79. The number of nitrogens with zero attached hydrogens (tertiary/aromatic N) is 1. The van der Waals surface area contributed by atoms with Crippen molar-refractivity contribution in [3.8, 4) is 11.5 Å². The van der Waals surface area contributed by atoms with Crippen LogP contribution in [0.15, 0.2) is 6.07 Å². The van der Waals surface area contributed by atoms with Gasteiger partial charge in [-0.3, -0.25) is 0 Å². The third kappa shape index (κ3) is 3.66. The van der Waals surface area contributed by atoms with Crippen molar-refractivity contribution in [1.82, 2.24) is 4.90 Å². The first kappa shape index (κ1) is 14.4. The molecule has 0 fully saturated rings. The maximum Gasteiger partial charge on any atom is 0.177 e. The number of benzene rings is 1. The number of aromatic hydroxyl groups is 1. The number of ether oxygens (including phenoxy) is 1. The van der Waals surface area contributed by atoms with E-state index in [0.29, 0.717) is 10.8 Å². The number of phenols is 1. The molecule has 0 spiro atoms. The Kier molecular flexibility index (Phi) is 5.37. The molecule has 0 atom stereocenters. The summed E-state index contributed by atoms with van der Waals surface area (Å²) >= 11 is 12.2. The molecule has 1 aromatic carbocycles. The van der Waals surface area contributed by atoms with Crippen molar-refractivity contribution >= 4 is 23.2 Å². The van der Waals surface area contributed by atoms with Crippen molar-refractivity contribution in [1.29, 1.82) is 0 Å². The Morgan fingerprint density at radius 1 is 1.35 bits per heavy atom. The molecule has 0 radical (unpaired) electrons. The highest BCUT2D eigenvalue weighted by molar-refractivity contribution is 6.37.